The van der Waals surface area contributed by atoms with Gasteiger partial charge in [-0.2, -0.15) is 18.3 Å². The van der Waals surface area contributed by atoms with Gasteiger partial charge in [-0.05, 0) is 0 Å². The highest BCUT2D eigenvalue weighted by Gasteiger charge is 2.30. The molecule has 0 unspecified atom stereocenters. The predicted molar refractivity (Wildman–Crippen MR) is 39.7 cm³/mol. The summed E-state index contributed by atoms with van der Waals surface area (Å²) in [4.78, 5) is 10.4. The Bertz CT molecular complexity index is 358. The topological polar surface area (TPSA) is 81.1 Å². The maximum absolute atomic E-state index is 11.9. The molecule has 0 atom stereocenters. The van der Waals surface area contributed by atoms with Gasteiger partial charge >= 0.3 is 12.1 Å². The first-order chi connectivity index (χ1) is 6.31. The predicted octanol–water partition coefficient (Wildman–Crippen LogP) is 0.726. The maximum Gasteiger partial charge on any atom is 0.408 e. The lowest BCUT2D eigenvalue weighted by molar-refractivity contribution is -0.142. The van der Waals surface area contributed by atoms with Crippen LogP contribution in [0.1, 0.15) is 10.4 Å². The zero-order valence-electron chi connectivity index (χ0n) is 6.75. The Labute approximate surface area is 75.9 Å². The van der Waals surface area contributed by atoms with E-state index < -0.39 is 30.1 Å². The second-order valence-corrected chi connectivity index (χ2v) is 2.52. The van der Waals surface area contributed by atoms with E-state index in [1.54, 1.807) is 0 Å². The van der Waals surface area contributed by atoms with Crippen molar-refractivity contribution in [2.45, 2.75) is 12.7 Å². The van der Waals surface area contributed by atoms with Gasteiger partial charge in [0.2, 0.25) is 0 Å². The largest absolute Gasteiger partial charge is 0.477 e. The summed E-state index contributed by atoms with van der Waals surface area (Å²) >= 11 is 0. The molecule has 0 aliphatic heterocycles. The molecule has 1 aromatic rings. The van der Waals surface area contributed by atoms with Crippen LogP contribution < -0.4 is 5.73 Å². The fraction of sp³-hybridized carbons (Fsp3) is 0.333. The summed E-state index contributed by atoms with van der Waals surface area (Å²) in [7, 11) is 0. The highest BCUT2D eigenvalue weighted by molar-refractivity contribution is 5.92. The molecular formula is C6H6F3N3O2. The number of nitrogens with two attached hydrogens (primary N) is 1. The normalized spacial score (nSPS) is 11.6. The van der Waals surface area contributed by atoms with Gasteiger partial charge in [0.05, 0.1) is 6.20 Å². The number of alkyl halides is 3. The molecule has 1 heterocycles. The van der Waals surface area contributed by atoms with E-state index >= 15 is 0 Å². The molecule has 0 radical (unpaired) electrons. The highest BCUT2D eigenvalue weighted by atomic mass is 19.4. The molecule has 0 saturated carbocycles. The van der Waals surface area contributed by atoms with E-state index in [1.807, 2.05) is 0 Å². The van der Waals surface area contributed by atoms with Gasteiger partial charge < -0.3 is 10.8 Å². The molecule has 8 heteroatoms. The number of carboxylic acids is 1. The van der Waals surface area contributed by atoms with Crippen LogP contribution in [0.2, 0.25) is 0 Å². The number of carboxylic acid groups (broad SMARTS) is 1. The van der Waals surface area contributed by atoms with Crippen LogP contribution in [0, 0.1) is 0 Å². The van der Waals surface area contributed by atoms with Gasteiger partial charge in [0.15, 0.2) is 0 Å². The third-order valence-electron chi connectivity index (χ3n) is 1.44. The second-order valence-electron chi connectivity index (χ2n) is 2.52. The SMILES string of the molecule is Nc1c(C(=O)O)cnn1CC(F)(F)F. The van der Waals surface area contributed by atoms with E-state index in [9.17, 15) is 18.0 Å². The van der Waals surface area contributed by atoms with E-state index in [-0.39, 0.29) is 0 Å². The van der Waals surface area contributed by atoms with Gasteiger partial charge in [-0.25, -0.2) is 9.48 Å². The summed E-state index contributed by atoms with van der Waals surface area (Å²) in [5.41, 5.74) is 4.70. The number of nitrogens with zero attached hydrogens (tertiary/aromatic N) is 2. The summed E-state index contributed by atoms with van der Waals surface area (Å²) in [6.07, 6.45) is -3.70. The summed E-state index contributed by atoms with van der Waals surface area (Å²) in [6.45, 7) is -1.40. The molecule has 78 valence electrons. The third-order valence-corrected chi connectivity index (χ3v) is 1.44. The van der Waals surface area contributed by atoms with Crippen LogP contribution in [0.3, 0.4) is 0 Å². The summed E-state index contributed by atoms with van der Waals surface area (Å²) in [6, 6.07) is 0. The van der Waals surface area contributed by atoms with Crippen molar-refractivity contribution < 1.29 is 23.1 Å². The molecule has 0 spiro atoms. The van der Waals surface area contributed by atoms with Crippen molar-refractivity contribution in [2.24, 2.45) is 0 Å². The summed E-state index contributed by atoms with van der Waals surface area (Å²) in [5, 5.41) is 11.7. The molecule has 0 amide bonds. The van der Waals surface area contributed by atoms with Crippen LogP contribution in [0.4, 0.5) is 19.0 Å². The van der Waals surface area contributed by atoms with Gasteiger partial charge in [0, 0.05) is 0 Å². The summed E-state index contributed by atoms with van der Waals surface area (Å²) < 4.78 is 36.0. The number of aromatic carboxylic acids is 1. The molecule has 0 bridgehead atoms. The van der Waals surface area contributed by atoms with Crippen molar-refractivity contribution in [3.05, 3.63) is 11.8 Å². The van der Waals surface area contributed by atoms with Crippen molar-refractivity contribution in [1.82, 2.24) is 9.78 Å². The molecule has 0 aromatic carbocycles. The lowest BCUT2D eigenvalue weighted by Crippen LogP contribution is -2.20. The number of hydrogen-bond acceptors (Lipinski definition) is 3. The number of rotatable bonds is 2. The molecule has 3 N–H and O–H groups in total. The van der Waals surface area contributed by atoms with Gasteiger partial charge in [0.1, 0.15) is 17.9 Å². The Morgan fingerprint density at radius 3 is 2.57 bits per heavy atom. The first-order valence-corrected chi connectivity index (χ1v) is 3.42. The van der Waals surface area contributed by atoms with Gasteiger partial charge in [-0.3, -0.25) is 0 Å². The minimum atomic E-state index is -4.48. The molecule has 5 nitrogen and oxygen atoms in total. The molecule has 0 saturated heterocycles. The second kappa shape index (κ2) is 3.20. The average molecular weight is 209 g/mol. The zero-order valence-corrected chi connectivity index (χ0v) is 6.75. The van der Waals surface area contributed by atoms with Crippen LogP contribution in [-0.4, -0.2) is 27.0 Å². The van der Waals surface area contributed by atoms with Crippen molar-refractivity contribution in [3.8, 4) is 0 Å². The number of nitrogen functional groups attached to an aromatic ring is 1. The van der Waals surface area contributed by atoms with Gasteiger partial charge in [0.25, 0.3) is 0 Å². The monoisotopic (exact) mass is 209 g/mol. The van der Waals surface area contributed by atoms with E-state index in [2.05, 4.69) is 5.10 Å². The number of aromatic nitrogens is 2. The Hall–Kier alpha value is -1.73. The van der Waals surface area contributed by atoms with E-state index in [0.29, 0.717) is 4.68 Å². The average Bonchev–Trinajstić information content (AvgIpc) is 2.29. The number of carbonyl (C=O) groups is 1. The zero-order chi connectivity index (χ0) is 10.9. The first-order valence-electron chi connectivity index (χ1n) is 3.42. The van der Waals surface area contributed by atoms with Crippen LogP contribution in [0.25, 0.3) is 0 Å². The number of hydrogen-bond donors (Lipinski definition) is 2. The molecular weight excluding hydrogens is 203 g/mol. The molecule has 14 heavy (non-hydrogen) atoms. The smallest absolute Gasteiger partial charge is 0.408 e. The minimum absolute atomic E-state index is 0.392. The van der Waals surface area contributed by atoms with Crippen LogP contribution in [0.5, 0.6) is 0 Å². The van der Waals surface area contributed by atoms with Crippen LogP contribution in [0.15, 0.2) is 6.20 Å². The number of halogens is 3. The lowest BCUT2D eigenvalue weighted by atomic mass is 10.3. The summed E-state index contributed by atoms with van der Waals surface area (Å²) in [5.74, 6) is -1.91. The van der Waals surface area contributed by atoms with E-state index in [0.717, 1.165) is 6.20 Å². The quantitative estimate of drug-likeness (QED) is 0.752. The van der Waals surface area contributed by atoms with Crippen molar-refractivity contribution in [1.29, 1.82) is 0 Å². The molecule has 0 aliphatic carbocycles. The maximum atomic E-state index is 11.9. The van der Waals surface area contributed by atoms with Crippen LogP contribution >= 0.6 is 0 Å². The van der Waals surface area contributed by atoms with Crippen LogP contribution in [-0.2, 0) is 6.54 Å². The Morgan fingerprint density at radius 2 is 2.21 bits per heavy atom. The first kappa shape index (κ1) is 10.4. The Kier molecular flexibility index (Phi) is 2.37. The minimum Gasteiger partial charge on any atom is -0.477 e. The van der Waals surface area contributed by atoms with E-state index in [4.69, 9.17) is 10.8 Å². The van der Waals surface area contributed by atoms with Crippen molar-refractivity contribution in [2.75, 3.05) is 5.73 Å². The standard InChI is InChI=1S/C6H6F3N3O2/c7-6(8,9)2-12-4(10)3(1-11-12)5(13)14/h1H,2,10H2,(H,13,14). The van der Waals surface area contributed by atoms with Gasteiger partial charge in [-0.15, -0.1) is 0 Å². The molecule has 1 aromatic heterocycles. The highest BCUT2D eigenvalue weighted by Crippen LogP contribution is 2.20. The van der Waals surface area contributed by atoms with Crippen molar-refractivity contribution >= 4 is 11.8 Å². The molecule has 0 fully saturated rings. The fourth-order valence-corrected chi connectivity index (χ4v) is 0.855. The Morgan fingerprint density at radius 1 is 1.64 bits per heavy atom. The lowest BCUT2D eigenvalue weighted by Gasteiger charge is -2.07. The molecule has 1 rings (SSSR count). The fourth-order valence-electron chi connectivity index (χ4n) is 0.855. The van der Waals surface area contributed by atoms with E-state index in [1.165, 1.54) is 0 Å². The molecule has 0 aliphatic rings. The van der Waals surface area contributed by atoms with Crippen molar-refractivity contribution in [3.63, 3.8) is 0 Å². The Balaban J connectivity index is 2.96. The third kappa shape index (κ3) is 2.15. The van der Waals surface area contributed by atoms with Gasteiger partial charge in [-0.1, -0.05) is 0 Å². The number of anilines is 1.